The number of nitrogens with zero attached hydrogens (tertiary/aromatic N) is 4. The summed E-state index contributed by atoms with van der Waals surface area (Å²) in [6.07, 6.45) is -0.0593. The van der Waals surface area contributed by atoms with Crippen LogP contribution in [0.15, 0.2) is 48.8 Å². The summed E-state index contributed by atoms with van der Waals surface area (Å²) in [7, 11) is 0. The van der Waals surface area contributed by atoms with Gasteiger partial charge < -0.3 is 10.3 Å². The van der Waals surface area contributed by atoms with Gasteiger partial charge >= 0.3 is 6.18 Å². The largest absolute Gasteiger partial charge is 0.416 e. The second kappa shape index (κ2) is 6.70. The van der Waals surface area contributed by atoms with Crippen LogP contribution in [0.1, 0.15) is 22.5 Å². The molecule has 0 amide bonds. The number of nitrogens with two attached hydrogens (primary N) is 1. The Morgan fingerprint density at radius 3 is 2.81 bits per heavy atom. The molecule has 8 heteroatoms. The molecule has 2 N–H and O–H groups in total. The van der Waals surface area contributed by atoms with E-state index >= 15 is 0 Å². The molecule has 4 rings (SSSR count). The highest BCUT2D eigenvalue weighted by Crippen LogP contribution is 2.31. The molecule has 0 spiro atoms. The van der Waals surface area contributed by atoms with Gasteiger partial charge in [0.1, 0.15) is 0 Å². The highest BCUT2D eigenvalue weighted by Gasteiger charge is 2.30. The molecule has 1 aromatic carbocycles. The zero-order chi connectivity index (χ0) is 19.0. The topological polar surface area (TPSA) is 60.0 Å². The van der Waals surface area contributed by atoms with Crippen LogP contribution >= 0.6 is 0 Å². The number of alkyl halides is 3. The summed E-state index contributed by atoms with van der Waals surface area (Å²) in [6.45, 7) is 2.10. The lowest BCUT2D eigenvalue weighted by Crippen LogP contribution is -2.31. The van der Waals surface area contributed by atoms with Crippen LogP contribution in [0, 0.1) is 0 Å². The fourth-order valence-corrected chi connectivity index (χ4v) is 3.38. The normalized spacial score (nSPS) is 14.9. The molecule has 0 aliphatic carbocycles. The van der Waals surface area contributed by atoms with E-state index in [0.29, 0.717) is 18.8 Å². The van der Waals surface area contributed by atoms with Crippen molar-refractivity contribution in [1.29, 1.82) is 0 Å². The van der Waals surface area contributed by atoms with Crippen molar-refractivity contribution in [2.45, 2.75) is 25.7 Å². The molecule has 0 unspecified atom stereocenters. The van der Waals surface area contributed by atoms with Crippen LogP contribution in [0.4, 0.5) is 19.1 Å². The Hall–Kier alpha value is -2.87. The molecule has 3 aromatic rings. The third-order valence-electron chi connectivity index (χ3n) is 4.70. The molecule has 2 aromatic heterocycles. The maximum absolute atomic E-state index is 13.0. The second-order valence-corrected chi connectivity index (χ2v) is 6.58. The van der Waals surface area contributed by atoms with Gasteiger partial charge in [0.2, 0.25) is 5.95 Å². The average Bonchev–Trinajstić information content (AvgIpc) is 3.09. The smallest absolute Gasteiger partial charge is 0.368 e. The zero-order valence-electron chi connectivity index (χ0n) is 14.4. The van der Waals surface area contributed by atoms with E-state index in [9.17, 15) is 13.2 Å². The van der Waals surface area contributed by atoms with Crippen molar-refractivity contribution in [3.05, 3.63) is 71.3 Å². The van der Waals surface area contributed by atoms with Crippen LogP contribution in [0.5, 0.6) is 0 Å². The van der Waals surface area contributed by atoms with Crippen LogP contribution in [-0.4, -0.2) is 26.0 Å². The monoisotopic (exact) mass is 373 g/mol. The maximum Gasteiger partial charge on any atom is 0.416 e. The summed E-state index contributed by atoms with van der Waals surface area (Å²) < 4.78 is 40.8. The van der Waals surface area contributed by atoms with Gasteiger partial charge in [-0.05, 0) is 30.3 Å². The first kappa shape index (κ1) is 17.5. The minimum absolute atomic E-state index is 0.278. The molecule has 0 saturated heterocycles. The zero-order valence-corrected chi connectivity index (χ0v) is 14.4. The lowest BCUT2D eigenvalue weighted by Gasteiger charge is -2.28. The summed E-state index contributed by atoms with van der Waals surface area (Å²) in [5, 5.41) is 0. The van der Waals surface area contributed by atoms with E-state index in [1.54, 1.807) is 23.0 Å². The minimum Gasteiger partial charge on any atom is -0.368 e. The van der Waals surface area contributed by atoms with Crippen molar-refractivity contribution in [1.82, 2.24) is 19.4 Å². The summed E-state index contributed by atoms with van der Waals surface area (Å²) >= 11 is 0. The first-order valence-electron chi connectivity index (χ1n) is 8.56. The first-order chi connectivity index (χ1) is 12.9. The SMILES string of the molecule is Nc1ncc2c(n1)CCN(Cc1cccn1-c1cccc(C(F)(F)F)c1)C2. The van der Waals surface area contributed by atoms with Crippen molar-refractivity contribution < 1.29 is 13.2 Å². The molecule has 0 fully saturated rings. The summed E-state index contributed by atoms with van der Waals surface area (Å²) in [4.78, 5) is 10.5. The first-order valence-corrected chi connectivity index (χ1v) is 8.56. The summed E-state index contributed by atoms with van der Waals surface area (Å²) in [5.41, 5.74) is 8.41. The molecule has 0 bridgehead atoms. The molecule has 0 radical (unpaired) electrons. The summed E-state index contributed by atoms with van der Waals surface area (Å²) in [6, 6.07) is 9.14. The Balaban J connectivity index is 1.56. The molecule has 5 nitrogen and oxygen atoms in total. The predicted molar refractivity (Wildman–Crippen MR) is 95.0 cm³/mol. The molecular formula is C19H18F3N5. The van der Waals surface area contributed by atoms with Crippen molar-refractivity contribution in [2.75, 3.05) is 12.3 Å². The number of hydrogen-bond donors (Lipinski definition) is 1. The lowest BCUT2D eigenvalue weighted by molar-refractivity contribution is -0.137. The van der Waals surface area contributed by atoms with Gasteiger partial charge in [-0.25, -0.2) is 9.97 Å². The molecule has 27 heavy (non-hydrogen) atoms. The molecule has 3 heterocycles. The van der Waals surface area contributed by atoms with Crippen LogP contribution < -0.4 is 5.73 Å². The Morgan fingerprint density at radius 2 is 2.00 bits per heavy atom. The van der Waals surface area contributed by atoms with Gasteiger partial charge in [0.25, 0.3) is 0 Å². The fourth-order valence-electron chi connectivity index (χ4n) is 3.38. The van der Waals surface area contributed by atoms with Crippen LogP contribution in [-0.2, 0) is 25.7 Å². The highest BCUT2D eigenvalue weighted by atomic mass is 19.4. The quantitative estimate of drug-likeness (QED) is 0.764. The average molecular weight is 373 g/mol. The van der Waals surface area contributed by atoms with Crippen LogP contribution in [0.25, 0.3) is 5.69 Å². The summed E-state index contributed by atoms with van der Waals surface area (Å²) in [5.74, 6) is 0.278. The van der Waals surface area contributed by atoms with Crippen LogP contribution in [0.3, 0.4) is 0 Å². The third kappa shape index (κ3) is 3.66. The Labute approximate surface area is 154 Å². The van der Waals surface area contributed by atoms with Gasteiger partial charge in [-0.3, -0.25) is 4.90 Å². The number of benzene rings is 1. The van der Waals surface area contributed by atoms with E-state index in [0.717, 1.165) is 36.0 Å². The molecule has 140 valence electrons. The number of hydrogen-bond acceptors (Lipinski definition) is 4. The lowest BCUT2D eigenvalue weighted by atomic mass is 10.1. The maximum atomic E-state index is 13.0. The van der Waals surface area contributed by atoms with Crippen molar-refractivity contribution in [3.63, 3.8) is 0 Å². The molecule has 0 saturated carbocycles. The Bertz CT molecular complexity index is 964. The second-order valence-electron chi connectivity index (χ2n) is 6.58. The number of anilines is 1. The van der Waals surface area contributed by atoms with E-state index in [1.807, 2.05) is 12.1 Å². The van der Waals surface area contributed by atoms with Gasteiger partial charge in [0, 0.05) is 55.4 Å². The molecule has 1 aliphatic rings. The molecule has 1 aliphatic heterocycles. The number of rotatable bonds is 3. The molecule has 0 atom stereocenters. The van der Waals surface area contributed by atoms with Gasteiger partial charge in [0.05, 0.1) is 11.3 Å². The van der Waals surface area contributed by atoms with Crippen molar-refractivity contribution >= 4 is 5.95 Å². The fraction of sp³-hybridized carbons (Fsp3) is 0.263. The number of halogens is 3. The standard InChI is InChI=1S/C19H18F3N5/c20-19(21,22)14-3-1-4-15(9-14)27-7-2-5-16(27)12-26-8-6-17-13(11-26)10-24-18(23)25-17/h1-5,7,9-10H,6,8,11-12H2,(H2,23,24,25). The van der Waals surface area contributed by atoms with Crippen LogP contribution in [0.2, 0.25) is 0 Å². The minimum atomic E-state index is -4.36. The molecular weight excluding hydrogens is 355 g/mol. The van der Waals surface area contributed by atoms with E-state index < -0.39 is 11.7 Å². The Morgan fingerprint density at radius 1 is 1.15 bits per heavy atom. The van der Waals surface area contributed by atoms with Crippen molar-refractivity contribution in [2.24, 2.45) is 0 Å². The number of aromatic nitrogens is 3. The number of fused-ring (bicyclic) bond motifs is 1. The van der Waals surface area contributed by atoms with E-state index in [2.05, 4.69) is 14.9 Å². The van der Waals surface area contributed by atoms with Gasteiger partial charge in [-0.1, -0.05) is 6.07 Å². The van der Waals surface area contributed by atoms with Gasteiger partial charge in [-0.2, -0.15) is 13.2 Å². The Kier molecular flexibility index (Phi) is 4.35. The van der Waals surface area contributed by atoms with Crippen molar-refractivity contribution in [3.8, 4) is 5.69 Å². The van der Waals surface area contributed by atoms with E-state index in [1.165, 1.54) is 12.1 Å². The number of nitrogen functional groups attached to an aromatic ring is 1. The predicted octanol–water partition coefficient (Wildman–Crippen LogP) is 3.43. The van der Waals surface area contributed by atoms with Gasteiger partial charge in [-0.15, -0.1) is 0 Å². The van der Waals surface area contributed by atoms with Gasteiger partial charge in [0.15, 0.2) is 0 Å². The third-order valence-corrected chi connectivity index (χ3v) is 4.70. The van der Waals surface area contributed by atoms with E-state index in [4.69, 9.17) is 5.73 Å². The highest BCUT2D eigenvalue weighted by molar-refractivity contribution is 5.39. The van der Waals surface area contributed by atoms with E-state index in [-0.39, 0.29) is 5.95 Å².